The molecular formula is C15H26N4S3. The highest BCUT2D eigenvalue weighted by atomic mass is 32.1. The summed E-state index contributed by atoms with van der Waals surface area (Å²) in [7, 11) is 0. The zero-order chi connectivity index (χ0) is 16.3. The van der Waals surface area contributed by atoms with Gasteiger partial charge in [-0.3, -0.25) is 0 Å². The molecule has 124 valence electrons. The highest BCUT2D eigenvalue weighted by Crippen LogP contribution is 2.00. The van der Waals surface area contributed by atoms with Crippen molar-refractivity contribution in [2.75, 3.05) is 26.2 Å². The van der Waals surface area contributed by atoms with E-state index >= 15 is 0 Å². The van der Waals surface area contributed by atoms with Crippen LogP contribution in [0.25, 0.3) is 0 Å². The Morgan fingerprint density at radius 3 is 1.50 bits per heavy atom. The Morgan fingerprint density at radius 2 is 1.09 bits per heavy atom. The smallest absolute Gasteiger partial charge is 0.166 e. The molecule has 0 saturated heterocycles. The Balaban J connectivity index is 3.22. The number of hydrogen-bond acceptors (Lipinski definition) is 5. The van der Waals surface area contributed by atoms with Crippen molar-refractivity contribution in [1.82, 2.24) is 10.6 Å². The van der Waals surface area contributed by atoms with Gasteiger partial charge in [-0.15, -0.1) is 0 Å². The van der Waals surface area contributed by atoms with Gasteiger partial charge in [-0.2, -0.15) is 0 Å². The quantitative estimate of drug-likeness (QED) is 0.281. The Hall–Kier alpha value is -0.710. The number of thiocarbonyl (C=S) groups is 3. The SMILES string of the molecule is S=C=NCCCCCCNC(=S)NCCCCCCN=C=S. The van der Waals surface area contributed by atoms with Gasteiger partial charge in [0, 0.05) is 26.2 Å². The molecule has 0 aliphatic rings. The minimum Gasteiger partial charge on any atom is -0.363 e. The van der Waals surface area contributed by atoms with Crippen LogP contribution in [0.4, 0.5) is 0 Å². The van der Waals surface area contributed by atoms with Crippen molar-refractivity contribution >= 4 is 52.1 Å². The normalized spacial score (nSPS) is 9.45. The summed E-state index contributed by atoms with van der Waals surface area (Å²) in [6.45, 7) is 3.46. The lowest BCUT2D eigenvalue weighted by atomic mass is 10.2. The molecule has 22 heavy (non-hydrogen) atoms. The average molecular weight is 359 g/mol. The molecule has 2 N–H and O–H groups in total. The third kappa shape index (κ3) is 17.3. The van der Waals surface area contributed by atoms with Gasteiger partial charge in [-0.1, -0.05) is 25.7 Å². The Morgan fingerprint density at radius 1 is 0.682 bits per heavy atom. The van der Waals surface area contributed by atoms with E-state index in [1.165, 1.54) is 25.7 Å². The molecule has 0 atom stereocenters. The summed E-state index contributed by atoms with van der Waals surface area (Å²) in [5.41, 5.74) is 0. The maximum Gasteiger partial charge on any atom is 0.166 e. The lowest BCUT2D eigenvalue weighted by molar-refractivity contribution is 0.623. The van der Waals surface area contributed by atoms with Crippen molar-refractivity contribution in [3.05, 3.63) is 0 Å². The first-order valence-electron chi connectivity index (χ1n) is 7.90. The Kier molecular flexibility index (Phi) is 17.7. The molecule has 0 fully saturated rings. The van der Waals surface area contributed by atoms with Crippen LogP contribution in [0.15, 0.2) is 9.98 Å². The first-order chi connectivity index (χ1) is 10.8. The molecule has 0 aliphatic carbocycles. The van der Waals surface area contributed by atoms with Gasteiger partial charge in [-0.25, -0.2) is 9.98 Å². The highest BCUT2D eigenvalue weighted by Gasteiger charge is 1.95. The second-order valence-corrected chi connectivity index (χ2v) is 5.73. The molecule has 0 rings (SSSR count). The van der Waals surface area contributed by atoms with Gasteiger partial charge in [0.15, 0.2) is 5.11 Å². The van der Waals surface area contributed by atoms with E-state index in [2.05, 4.69) is 55.4 Å². The van der Waals surface area contributed by atoms with E-state index in [1.807, 2.05) is 0 Å². The minimum atomic E-state index is 0.760. The van der Waals surface area contributed by atoms with Crippen LogP contribution in [-0.4, -0.2) is 41.6 Å². The molecule has 0 aromatic rings. The number of aliphatic imine (C=N–C) groups is 2. The van der Waals surface area contributed by atoms with E-state index in [1.54, 1.807) is 0 Å². The minimum absolute atomic E-state index is 0.760. The third-order valence-electron chi connectivity index (χ3n) is 3.09. The zero-order valence-electron chi connectivity index (χ0n) is 13.1. The van der Waals surface area contributed by atoms with Crippen LogP contribution in [0.5, 0.6) is 0 Å². The summed E-state index contributed by atoms with van der Waals surface area (Å²) < 4.78 is 0. The second kappa shape index (κ2) is 18.3. The van der Waals surface area contributed by atoms with Crippen LogP contribution in [0, 0.1) is 0 Å². The van der Waals surface area contributed by atoms with Crippen molar-refractivity contribution in [1.29, 1.82) is 0 Å². The number of nitrogens with one attached hydrogen (secondary N) is 2. The fourth-order valence-electron chi connectivity index (χ4n) is 1.90. The predicted molar refractivity (Wildman–Crippen MR) is 105 cm³/mol. The molecule has 0 bridgehead atoms. The summed E-state index contributed by atoms with van der Waals surface area (Å²) in [5, 5.41) is 12.0. The molecule has 0 heterocycles. The van der Waals surface area contributed by atoms with Crippen LogP contribution in [-0.2, 0) is 0 Å². The van der Waals surface area contributed by atoms with Crippen molar-refractivity contribution in [3.8, 4) is 0 Å². The number of rotatable bonds is 14. The standard InChI is InChI=1S/C15H26N4S3/c20-13-16-9-5-1-3-7-11-18-15(22)19-12-8-4-2-6-10-17-14-21/h1-12H2,(H2,18,19,22). The molecule has 0 amide bonds. The fourth-order valence-corrected chi connectivity index (χ4v) is 2.28. The predicted octanol–water partition coefficient (Wildman–Crippen LogP) is 3.78. The fraction of sp³-hybridized carbons (Fsp3) is 0.800. The second-order valence-electron chi connectivity index (χ2n) is 4.96. The monoisotopic (exact) mass is 358 g/mol. The topological polar surface area (TPSA) is 48.8 Å². The van der Waals surface area contributed by atoms with E-state index in [4.69, 9.17) is 12.2 Å². The van der Waals surface area contributed by atoms with Gasteiger partial charge in [0.05, 0.1) is 10.3 Å². The average Bonchev–Trinajstić information content (AvgIpc) is 2.52. The molecular weight excluding hydrogens is 332 g/mol. The van der Waals surface area contributed by atoms with E-state index in [0.717, 1.165) is 57.0 Å². The van der Waals surface area contributed by atoms with Crippen molar-refractivity contribution in [2.45, 2.75) is 51.4 Å². The van der Waals surface area contributed by atoms with Crippen molar-refractivity contribution in [3.63, 3.8) is 0 Å². The van der Waals surface area contributed by atoms with E-state index in [0.29, 0.717) is 0 Å². The largest absolute Gasteiger partial charge is 0.363 e. The molecule has 0 unspecified atom stereocenters. The zero-order valence-corrected chi connectivity index (χ0v) is 15.6. The summed E-state index contributed by atoms with van der Waals surface area (Å²) in [6.07, 6.45) is 9.15. The van der Waals surface area contributed by atoms with Gasteiger partial charge in [0.2, 0.25) is 0 Å². The Labute approximate surface area is 150 Å². The first-order valence-corrected chi connectivity index (χ1v) is 9.12. The van der Waals surface area contributed by atoms with Crippen LogP contribution < -0.4 is 10.6 Å². The molecule has 0 radical (unpaired) electrons. The van der Waals surface area contributed by atoms with Crippen LogP contribution in [0.1, 0.15) is 51.4 Å². The van der Waals surface area contributed by atoms with Crippen LogP contribution >= 0.6 is 36.7 Å². The molecule has 0 saturated carbocycles. The lowest BCUT2D eigenvalue weighted by Gasteiger charge is -2.10. The van der Waals surface area contributed by atoms with E-state index in [-0.39, 0.29) is 0 Å². The molecule has 0 aromatic carbocycles. The maximum absolute atomic E-state index is 5.23. The van der Waals surface area contributed by atoms with Crippen molar-refractivity contribution in [2.24, 2.45) is 9.98 Å². The Bertz CT molecular complexity index is 341. The van der Waals surface area contributed by atoms with Gasteiger partial charge < -0.3 is 10.6 Å². The molecule has 0 aromatic heterocycles. The van der Waals surface area contributed by atoms with Crippen LogP contribution in [0.3, 0.4) is 0 Å². The van der Waals surface area contributed by atoms with Gasteiger partial charge in [-0.05, 0) is 62.3 Å². The van der Waals surface area contributed by atoms with Crippen molar-refractivity contribution < 1.29 is 0 Å². The third-order valence-corrected chi connectivity index (χ3v) is 3.64. The molecule has 7 heteroatoms. The number of isothiocyanates is 2. The van der Waals surface area contributed by atoms with Gasteiger partial charge in [0.1, 0.15) is 0 Å². The number of unbranched alkanes of at least 4 members (excludes halogenated alkanes) is 6. The lowest BCUT2D eigenvalue weighted by Crippen LogP contribution is -2.36. The van der Waals surface area contributed by atoms with Gasteiger partial charge >= 0.3 is 0 Å². The summed E-state index contributed by atoms with van der Waals surface area (Å²) in [4.78, 5) is 7.79. The first kappa shape index (κ1) is 21.3. The maximum atomic E-state index is 5.23. The summed E-state index contributed by atoms with van der Waals surface area (Å²) in [5.74, 6) is 0. The van der Waals surface area contributed by atoms with E-state index in [9.17, 15) is 0 Å². The number of nitrogens with zero attached hydrogens (tertiary/aromatic N) is 2. The summed E-state index contributed by atoms with van der Waals surface area (Å²) >= 11 is 14.3. The number of hydrogen-bond donors (Lipinski definition) is 2. The molecule has 0 aliphatic heterocycles. The highest BCUT2D eigenvalue weighted by molar-refractivity contribution is 7.80. The van der Waals surface area contributed by atoms with Crippen LogP contribution in [0.2, 0.25) is 0 Å². The summed E-state index contributed by atoms with van der Waals surface area (Å²) in [6, 6.07) is 0. The van der Waals surface area contributed by atoms with Gasteiger partial charge in [0.25, 0.3) is 0 Å². The molecule has 0 spiro atoms. The molecule has 4 nitrogen and oxygen atoms in total. The van der Waals surface area contributed by atoms with E-state index < -0.39 is 0 Å².